The number of benzene rings is 2. The molecule has 1 saturated heterocycles. The third-order valence-corrected chi connectivity index (χ3v) is 4.65. The van der Waals surface area contributed by atoms with Crippen LogP contribution < -0.4 is 10.2 Å². The smallest absolute Gasteiger partial charge is 0.371 e. The minimum atomic E-state index is -4.08. The molecule has 0 radical (unpaired) electrons. The van der Waals surface area contributed by atoms with Gasteiger partial charge in [-0.05, 0) is 36.1 Å². The van der Waals surface area contributed by atoms with Crippen LogP contribution in [-0.2, 0) is 0 Å². The number of hydrogen-bond acceptors (Lipinski definition) is 2. The molecular formula is C20H23F3N2. The molecule has 0 atom stereocenters. The summed E-state index contributed by atoms with van der Waals surface area (Å²) in [6.07, 6.45) is -3.10. The van der Waals surface area contributed by atoms with Crippen molar-refractivity contribution in [3.63, 3.8) is 0 Å². The second kappa shape index (κ2) is 7.91. The lowest BCUT2D eigenvalue weighted by Gasteiger charge is -2.34. The molecular weight excluding hydrogens is 325 g/mol. The van der Waals surface area contributed by atoms with E-state index >= 15 is 0 Å². The fourth-order valence-electron chi connectivity index (χ4n) is 3.27. The van der Waals surface area contributed by atoms with E-state index in [2.05, 4.69) is 46.6 Å². The lowest BCUT2D eigenvalue weighted by atomic mass is 10.0. The van der Waals surface area contributed by atoms with E-state index in [9.17, 15) is 13.2 Å². The number of rotatable bonds is 5. The molecule has 0 unspecified atom stereocenters. The first kappa shape index (κ1) is 17.8. The van der Waals surface area contributed by atoms with Crippen LogP contribution in [0.3, 0.4) is 0 Å². The van der Waals surface area contributed by atoms with Crippen molar-refractivity contribution in [3.8, 4) is 11.1 Å². The summed E-state index contributed by atoms with van der Waals surface area (Å²) >= 11 is 0. The van der Waals surface area contributed by atoms with Gasteiger partial charge in [-0.3, -0.25) is 0 Å². The van der Waals surface area contributed by atoms with Crippen LogP contribution in [0.1, 0.15) is 19.3 Å². The van der Waals surface area contributed by atoms with Crippen LogP contribution in [0.5, 0.6) is 0 Å². The second-order valence-electron chi connectivity index (χ2n) is 6.50. The zero-order chi connectivity index (χ0) is 17.7. The van der Waals surface area contributed by atoms with Gasteiger partial charge in [-0.1, -0.05) is 42.5 Å². The summed E-state index contributed by atoms with van der Waals surface area (Å²) in [7, 11) is 0. The Morgan fingerprint density at radius 2 is 1.60 bits per heavy atom. The Hall–Kier alpha value is -2.01. The third kappa shape index (κ3) is 5.23. The lowest BCUT2D eigenvalue weighted by Crippen LogP contribution is -2.43. The molecule has 1 aliphatic heterocycles. The predicted octanol–water partition coefficient (Wildman–Crippen LogP) is 4.86. The third-order valence-electron chi connectivity index (χ3n) is 4.65. The van der Waals surface area contributed by atoms with E-state index in [-0.39, 0.29) is 12.6 Å². The minimum absolute atomic E-state index is 0.0116. The van der Waals surface area contributed by atoms with Crippen molar-refractivity contribution in [2.24, 2.45) is 0 Å². The maximum Gasteiger partial charge on any atom is 0.390 e. The Labute approximate surface area is 146 Å². The molecule has 134 valence electrons. The Morgan fingerprint density at radius 1 is 0.920 bits per heavy atom. The molecule has 5 heteroatoms. The van der Waals surface area contributed by atoms with Gasteiger partial charge in [0, 0.05) is 31.4 Å². The van der Waals surface area contributed by atoms with Crippen molar-refractivity contribution in [2.45, 2.75) is 31.5 Å². The van der Waals surface area contributed by atoms with E-state index in [4.69, 9.17) is 0 Å². The first-order valence-electron chi connectivity index (χ1n) is 8.72. The van der Waals surface area contributed by atoms with Crippen molar-refractivity contribution in [2.75, 3.05) is 24.5 Å². The van der Waals surface area contributed by atoms with E-state index in [1.54, 1.807) is 0 Å². The van der Waals surface area contributed by atoms with Crippen LogP contribution in [0.15, 0.2) is 54.6 Å². The summed E-state index contributed by atoms with van der Waals surface area (Å²) in [5.74, 6) is 0. The van der Waals surface area contributed by atoms with Crippen LogP contribution in [0.25, 0.3) is 11.1 Å². The maximum absolute atomic E-state index is 12.2. The van der Waals surface area contributed by atoms with E-state index < -0.39 is 12.6 Å². The number of nitrogens with zero attached hydrogens (tertiary/aromatic N) is 1. The number of alkyl halides is 3. The topological polar surface area (TPSA) is 15.3 Å². The summed E-state index contributed by atoms with van der Waals surface area (Å²) < 4.78 is 36.7. The summed E-state index contributed by atoms with van der Waals surface area (Å²) in [6.45, 7) is 1.74. The molecule has 0 bridgehead atoms. The number of halogens is 3. The average Bonchev–Trinajstić information content (AvgIpc) is 2.62. The SMILES string of the molecule is FC(F)(F)CCNC1CCN(c2cccc(-c3ccccc3)c2)CC1. The zero-order valence-corrected chi connectivity index (χ0v) is 14.1. The normalized spacial score (nSPS) is 16.2. The van der Waals surface area contributed by atoms with Crippen LogP contribution in [0, 0.1) is 0 Å². The standard InChI is InChI=1S/C20H23F3N2/c21-20(22,23)11-12-24-18-9-13-25(14-10-18)19-8-4-7-17(15-19)16-5-2-1-3-6-16/h1-8,15,18,24H,9-14H2. The number of anilines is 1. The molecule has 1 heterocycles. The van der Waals surface area contributed by atoms with Crippen molar-refractivity contribution >= 4 is 5.69 Å². The van der Waals surface area contributed by atoms with E-state index in [1.165, 1.54) is 16.8 Å². The van der Waals surface area contributed by atoms with Crippen LogP contribution in [0.4, 0.5) is 18.9 Å². The highest BCUT2D eigenvalue weighted by atomic mass is 19.4. The summed E-state index contributed by atoms with van der Waals surface area (Å²) in [5.41, 5.74) is 3.55. The number of piperidine rings is 1. The largest absolute Gasteiger partial charge is 0.390 e. The van der Waals surface area contributed by atoms with Gasteiger partial charge < -0.3 is 10.2 Å². The lowest BCUT2D eigenvalue weighted by molar-refractivity contribution is -0.133. The van der Waals surface area contributed by atoms with Crippen molar-refractivity contribution < 1.29 is 13.2 Å². The van der Waals surface area contributed by atoms with Crippen molar-refractivity contribution in [1.29, 1.82) is 0 Å². The van der Waals surface area contributed by atoms with Crippen LogP contribution >= 0.6 is 0 Å². The molecule has 1 N–H and O–H groups in total. The first-order valence-corrected chi connectivity index (χ1v) is 8.72. The Bertz CT molecular complexity index is 662. The number of hydrogen-bond donors (Lipinski definition) is 1. The Kier molecular flexibility index (Phi) is 5.63. The molecule has 2 nitrogen and oxygen atoms in total. The highest BCUT2D eigenvalue weighted by molar-refractivity contribution is 5.68. The van der Waals surface area contributed by atoms with Crippen molar-refractivity contribution in [3.05, 3.63) is 54.6 Å². The zero-order valence-electron chi connectivity index (χ0n) is 14.1. The maximum atomic E-state index is 12.2. The molecule has 1 fully saturated rings. The molecule has 0 saturated carbocycles. The fourth-order valence-corrected chi connectivity index (χ4v) is 3.27. The van der Waals surface area contributed by atoms with Crippen LogP contribution in [0.2, 0.25) is 0 Å². The van der Waals surface area contributed by atoms with Gasteiger partial charge in [0.1, 0.15) is 0 Å². The van der Waals surface area contributed by atoms with E-state index in [0.717, 1.165) is 25.9 Å². The quantitative estimate of drug-likeness (QED) is 0.830. The first-order chi connectivity index (χ1) is 12.0. The van der Waals surface area contributed by atoms with Gasteiger partial charge >= 0.3 is 6.18 Å². The molecule has 3 rings (SSSR count). The van der Waals surface area contributed by atoms with Crippen molar-refractivity contribution in [1.82, 2.24) is 5.32 Å². The van der Waals surface area contributed by atoms with Gasteiger partial charge in [0.05, 0.1) is 6.42 Å². The highest BCUT2D eigenvalue weighted by Gasteiger charge is 2.27. The van der Waals surface area contributed by atoms with Gasteiger partial charge in [-0.2, -0.15) is 13.2 Å². The molecule has 0 aromatic heterocycles. The molecule has 0 spiro atoms. The predicted molar refractivity (Wildman–Crippen MR) is 95.8 cm³/mol. The number of nitrogens with one attached hydrogen (secondary N) is 1. The molecule has 0 amide bonds. The second-order valence-corrected chi connectivity index (χ2v) is 6.50. The summed E-state index contributed by atoms with van der Waals surface area (Å²) in [4.78, 5) is 2.31. The summed E-state index contributed by atoms with van der Waals surface area (Å²) in [6, 6.07) is 18.9. The molecule has 1 aliphatic rings. The van der Waals surface area contributed by atoms with Gasteiger partial charge in [-0.15, -0.1) is 0 Å². The minimum Gasteiger partial charge on any atom is -0.371 e. The van der Waals surface area contributed by atoms with Gasteiger partial charge in [0.25, 0.3) is 0 Å². The van der Waals surface area contributed by atoms with Gasteiger partial charge in [0.15, 0.2) is 0 Å². The van der Waals surface area contributed by atoms with Gasteiger partial charge in [0.2, 0.25) is 0 Å². The Morgan fingerprint density at radius 3 is 2.28 bits per heavy atom. The average molecular weight is 348 g/mol. The molecule has 2 aromatic carbocycles. The van der Waals surface area contributed by atoms with E-state index in [1.807, 2.05) is 18.2 Å². The highest BCUT2D eigenvalue weighted by Crippen LogP contribution is 2.27. The Balaban J connectivity index is 1.55. The summed E-state index contributed by atoms with van der Waals surface area (Å²) in [5, 5.41) is 3.04. The molecule has 0 aliphatic carbocycles. The molecule has 25 heavy (non-hydrogen) atoms. The van der Waals surface area contributed by atoms with Gasteiger partial charge in [-0.25, -0.2) is 0 Å². The molecule has 2 aromatic rings. The monoisotopic (exact) mass is 348 g/mol. The van der Waals surface area contributed by atoms with Crippen LogP contribution in [-0.4, -0.2) is 31.9 Å². The van der Waals surface area contributed by atoms with E-state index in [0.29, 0.717) is 0 Å². The fraction of sp³-hybridized carbons (Fsp3) is 0.400.